The summed E-state index contributed by atoms with van der Waals surface area (Å²) >= 11 is 0. The van der Waals surface area contributed by atoms with E-state index in [-0.39, 0.29) is 25.5 Å². The second-order valence-corrected chi connectivity index (χ2v) is 9.91. The highest BCUT2D eigenvalue weighted by Gasteiger charge is 2.37. The molecule has 10 heteroatoms. The first-order chi connectivity index (χ1) is 17.4. The smallest absolute Gasteiger partial charge is 0.414 e. The van der Waals surface area contributed by atoms with E-state index >= 15 is 0 Å². The molecule has 1 unspecified atom stereocenters. The number of carboxylic acid groups (broad SMARTS) is 1. The number of hydrogen-bond donors (Lipinski definition) is 3. The van der Waals surface area contributed by atoms with Crippen LogP contribution in [0.1, 0.15) is 51.2 Å². The van der Waals surface area contributed by atoms with E-state index in [9.17, 15) is 24.3 Å². The van der Waals surface area contributed by atoms with Crippen LogP contribution in [0.3, 0.4) is 0 Å². The van der Waals surface area contributed by atoms with Crippen molar-refractivity contribution in [2.24, 2.45) is 0 Å². The van der Waals surface area contributed by atoms with Crippen LogP contribution in [0, 0.1) is 0 Å². The molecule has 0 saturated heterocycles. The highest BCUT2D eigenvalue weighted by atomic mass is 16.6. The Morgan fingerprint density at radius 3 is 2.32 bits per heavy atom. The summed E-state index contributed by atoms with van der Waals surface area (Å²) in [5.41, 5.74) is 1.54. The molecule has 10 nitrogen and oxygen atoms in total. The number of nitrogens with one attached hydrogen (secondary N) is 2. The first-order valence-corrected chi connectivity index (χ1v) is 12.0. The van der Waals surface area contributed by atoms with Crippen molar-refractivity contribution in [3.63, 3.8) is 0 Å². The molecule has 0 bridgehead atoms. The van der Waals surface area contributed by atoms with Gasteiger partial charge in [0, 0.05) is 12.5 Å². The maximum absolute atomic E-state index is 12.8. The minimum atomic E-state index is -1.24. The van der Waals surface area contributed by atoms with Crippen molar-refractivity contribution in [1.29, 1.82) is 0 Å². The molecule has 0 fully saturated rings. The van der Waals surface area contributed by atoms with Gasteiger partial charge in [0.15, 0.2) is 0 Å². The Bertz CT molecular complexity index is 1130. The van der Waals surface area contributed by atoms with Crippen LogP contribution in [-0.4, -0.2) is 53.4 Å². The lowest BCUT2D eigenvalue weighted by Gasteiger charge is -2.25. The Kier molecular flexibility index (Phi) is 8.75. The number of hydrogen-bond acceptors (Lipinski definition) is 6. The Balaban J connectivity index is 1.60. The minimum absolute atomic E-state index is 0.0357. The lowest BCUT2D eigenvalue weighted by molar-refractivity contribution is -0.142. The first-order valence-electron chi connectivity index (χ1n) is 12.0. The van der Waals surface area contributed by atoms with Gasteiger partial charge in [-0.2, -0.15) is 0 Å². The SMILES string of the molecule is C[C@@H](NC(=O)OCc1ccccc1)C(=O)N[C@@H](CC1CN(C(=O)OC(C)(C)C)c2ccccc21)C(=O)O. The number of carbonyl (C=O) groups excluding carboxylic acids is 3. The van der Waals surface area contributed by atoms with Gasteiger partial charge in [-0.15, -0.1) is 0 Å². The van der Waals surface area contributed by atoms with Crippen LogP contribution in [0.2, 0.25) is 0 Å². The maximum atomic E-state index is 12.8. The normalized spacial score (nSPS) is 16.2. The molecule has 2 aromatic rings. The van der Waals surface area contributed by atoms with Gasteiger partial charge in [-0.25, -0.2) is 14.4 Å². The van der Waals surface area contributed by atoms with Crippen LogP contribution < -0.4 is 15.5 Å². The summed E-state index contributed by atoms with van der Waals surface area (Å²) in [7, 11) is 0. The molecular weight excluding hydrogens is 478 g/mol. The maximum Gasteiger partial charge on any atom is 0.414 e. The van der Waals surface area contributed by atoms with Gasteiger partial charge < -0.3 is 25.2 Å². The van der Waals surface area contributed by atoms with Crippen molar-refractivity contribution in [3.05, 3.63) is 65.7 Å². The fraction of sp³-hybridized carbons (Fsp3) is 0.407. The Hall–Kier alpha value is -4.08. The van der Waals surface area contributed by atoms with Crippen LogP contribution in [0.5, 0.6) is 0 Å². The molecule has 1 aliphatic rings. The summed E-state index contributed by atoms with van der Waals surface area (Å²) < 4.78 is 10.6. The molecule has 3 amide bonds. The highest BCUT2D eigenvalue weighted by Crippen LogP contribution is 2.39. The molecule has 0 aliphatic carbocycles. The summed E-state index contributed by atoms with van der Waals surface area (Å²) in [6, 6.07) is 14.0. The van der Waals surface area contributed by atoms with E-state index in [1.807, 2.05) is 30.3 Å². The van der Waals surface area contributed by atoms with Gasteiger partial charge in [0.05, 0.1) is 5.69 Å². The van der Waals surface area contributed by atoms with Gasteiger partial charge in [-0.1, -0.05) is 48.5 Å². The van der Waals surface area contributed by atoms with Crippen molar-refractivity contribution in [3.8, 4) is 0 Å². The number of alkyl carbamates (subject to hydrolysis) is 1. The van der Waals surface area contributed by atoms with Crippen LogP contribution in [0.15, 0.2) is 54.6 Å². The molecule has 3 rings (SSSR count). The van der Waals surface area contributed by atoms with Gasteiger partial charge in [0.2, 0.25) is 5.91 Å². The number of fused-ring (bicyclic) bond motifs is 1. The van der Waals surface area contributed by atoms with Crippen LogP contribution in [0.4, 0.5) is 15.3 Å². The number of para-hydroxylation sites is 1. The summed E-state index contributed by atoms with van der Waals surface area (Å²) in [4.78, 5) is 51.0. The fourth-order valence-corrected chi connectivity index (χ4v) is 4.00. The topological polar surface area (TPSA) is 134 Å². The van der Waals surface area contributed by atoms with E-state index in [1.54, 1.807) is 45.0 Å². The second kappa shape index (κ2) is 11.8. The number of nitrogens with zero attached hydrogens (tertiary/aromatic N) is 1. The molecule has 0 spiro atoms. The molecular formula is C27H33N3O7. The zero-order valence-corrected chi connectivity index (χ0v) is 21.4. The molecule has 3 atom stereocenters. The number of amides is 3. The Morgan fingerprint density at radius 2 is 1.68 bits per heavy atom. The number of carbonyl (C=O) groups is 4. The summed E-state index contributed by atoms with van der Waals surface area (Å²) in [6.07, 6.45) is -1.27. The molecule has 3 N–H and O–H groups in total. The summed E-state index contributed by atoms with van der Waals surface area (Å²) in [5.74, 6) is -2.23. The molecule has 198 valence electrons. The zero-order valence-electron chi connectivity index (χ0n) is 21.4. The lowest BCUT2D eigenvalue weighted by atomic mass is 9.94. The summed E-state index contributed by atoms with van der Waals surface area (Å²) in [6.45, 7) is 7.00. The number of benzene rings is 2. The van der Waals surface area contributed by atoms with Crippen molar-refractivity contribution in [1.82, 2.24) is 10.6 Å². The molecule has 1 heterocycles. The van der Waals surface area contributed by atoms with Crippen molar-refractivity contribution < 1.29 is 33.8 Å². The predicted molar refractivity (Wildman–Crippen MR) is 136 cm³/mol. The lowest BCUT2D eigenvalue weighted by Crippen LogP contribution is -2.51. The average Bonchev–Trinajstić information content (AvgIpc) is 3.20. The third-order valence-corrected chi connectivity index (χ3v) is 5.76. The monoisotopic (exact) mass is 511 g/mol. The number of aliphatic carboxylic acids is 1. The van der Waals surface area contributed by atoms with Crippen LogP contribution in [-0.2, 0) is 25.7 Å². The van der Waals surface area contributed by atoms with Crippen molar-refractivity contribution >= 4 is 29.8 Å². The standard InChI is InChI=1S/C27H33N3O7/c1-17(28-25(34)36-16-18-10-6-5-7-11-18)23(31)29-21(24(32)33)14-19-15-30(26(35)37-27(2,3)4)22-13-9-8-12-20(19)22/h5-13,17,19,21H,14-16H2,1-4H3,(H,28,34)(H,29,31)(H,32,33)/t17-,19?,21+/m1/s1. The molecule has 2 aromatic carbocycles. The molecule has 0 saturated carbocycles. The molecule has 0 aromatic heterocycles. The first kappa shape index (κ1) is 27.5. The van der Waals surface area contributed by atoms with E-state index in [2.05, 4.69) is 10.6 Å². The number of carboxylic acids is 1. The Morgan fingerprint density at radius 1 is 1.03 bits per heavy atom. The minimum Gasteiger partial charge on any atom is -0.480 e. The van der Waals surface area contributed by atoms with E-state index in [0.29, 0.717) is 5.69 Å². The van der Waals surface area contributed by atoms with Gasteiger partial charge >= 0.3 is 18.2 Å². The second-order valence-electron chi connectivity index (χ2n) is 9.91. The number of anilines is 1. The van der Waals surface area contributed by atoms with E-state index < -0.39 is 41.7 Å². The zero-order chi connectivity index (χ0) is 27.2. The van der Waals surface area contributed by atoms with E-state index in [1.165, 1.54) is 11.8 Å². The van der Waals surface area contributed by atoms with Gasteiger partial charge in [-0.3, -0.25) is 9.69 Å². The number of ether oxygens (including phenoxy) is 2. The van der Waals surface area contributed by atoms with Crippen LogP contribution in [0.25, 0.3) is 0 Å². The van der Waals surface area contributed by atoms with E-state index in [0.717, 1.165) is 11.1 Å². The van der Waals surface area contributed by atoms with E-state index in [4.69, 9.17) is 9.47 Å². The van der Waals surface area contributed by atoms with Gasteiger partial charge in [0.1, 0.15) is 24.3 Å². The molecule has 1 aliphatic heterocycles. The fourth-order valence-electron chi connectivity index (χ4n) is 4.00. The van der Waals surface area contributed by atoms with Crippen molar-refractivity contribution in [2.45, 2.75) is 64.3 Å². The van der Waals surface area contributed by atoms with Gasteiger partial charge in [0.25, 0.3) is 0 Å². The highest BCUT2D eigenvalue weighted by molar-refractivity contribution is 5.92. The predicted octanol–water partition coefficient (Wildman–Crippen LogP) is 3.80. The summed E-state index contributed by atoms with van der Waals surface area (Å²) in [5, 5.41) is 14.7. The Labute approximate surface area is 215 Å². The van der Waals surface area contributed by atoms with Crippen LogP contribution >= 0.6 is 0 Å². The third-order valence-electron chi connectivity index (χ3n) is 5.76. The third kappa shape index (κ3) is 7.70. The van der Waals surface area contributed by atoms with Crippen molar-refractivity contribution in [2.75, 3.05) is 11.4 Å². The molecule has 0 radical (unpaired) electrons. The largest absolute Gasteiger partial charge is 0.480 e. The quantitative estimate of drug-likeness (QED) is 0.491. The van der Waals surface area contributed by atoms with Gasteiger partial charge in [-0.05, 0) is 51.3 Å². The average molecular weight is 512 g/mol. The number of rotatable bonds is 8. The molecule has 37 heavy (non-hydrogen) atoms.